The van der Waals surface area contributed by atoms with Crippen molar-refractivity contribution in [3.8, 4) is 5.75 Å². The van der Waals surface area contributed by atoms with Crippen LogP contribution in [0.1, 0.15) is 44.6 Å². The average Bonchev–Trinajstić information content (AvgIpc) is 2.34. The van der Waals surface area contributed by atoms with Crippen molar-refractivity contribution < 1.29 is 4.74 Å². The monoisotopic (exact) mass is 240 g/mol. The van der Waals surface area contributed by atoms with Crippen LogP contribution in [0.2, 0.25) is 0 Å². The zero-order valence-corrected chi connectivity index (χ0v) is 11.0. The Hall–Kier alpha value is -0.690. The van der Waals surface area contributed by atoms with Crippen LogP contribution in [0.4, 0.5) is 0 Å². The van der Waals surface area contributed by atoms with Crippen LogP contribution < -0.4 is 4.74 Å². The minimum absolute atomic E-state index is 0.630. The zero-order chi connectivity index (χ0) is 11.8. The van der Waals surface area contributed by atoms with Crippen LogP contribution in [0.25, 0.3) is 0 Å². The van der Waals surface area contributed by atoms with Crippen LogP contribution in [0.5, 0.6) is 5.75 Å². The van der Waals surface area contributed by atoms with Gasteiger partial charge in [0.1, 0.15) is 5.75 Å². The highest BCUT2D eigenvalue weighted by molar-refractivity contribution is 6.17. The summed E-state index contributed by atoms with van der Waals surface area (Å²) in [6.45, 7) is 5.22. The summed E-state index contributed by atoms with van der Waals surface area (Å²) >= 11 is 5.60. The highest BCUT2D eigenvalue weighted by atomic mass is 35.5. The Morgan fingerprint density at radius 2 is 1.88 bits per heavy atom. The molecule has 1 unspecified atom stereocenters. The molecule has 0 aromatic heterocycles. The normalized spacial score (nSPS) is 12.4. The molecule has 0 aliphatic carbocycles. The lowest BCUT2D eigenvalue weighted by Crippen LogP contribution is -1.98. The van der Waals surface area contributed by atoms with Crippen LogP contribution in [0, 0.1) is 0 Å². The summed E-state index contributed by atoms with van der Waals surface area (Å²) < 4.78 is 5.62. The molecule has 0 amide bonds. The van der Waals surface area contributed by atoms with Gasteiger partial charge in [-0.2, -0.15) is 0 Å². The summed E-state index contributed by atoms with van der Waals surface area (Å²) in [4.78, 5) is 0. The lowest BCUT2D eigenvalue weighted by molar-refractivity contribution is 0.309. The smallest absolute Gasteiger partial charge is 0.119 e. The Labute approximate surface area is 104 Å². The van der Waals surface area contributed by atoms with Gasteiger partial charge in [0.2, 0.25) is 0 Å². The molecule has 1 aromatic carbocycles. The molecule has 0 radical (unpaired) electrons. The zero-order valence-electron chi connectivity index (χ0n) is 10.2. The molecule has 0 fully saturated rings. The van der Waals surface area contributed by atoms with E-state index in [9.17, 15) is 0 Å². The quantitative estimate of drug-likeness (QED) is 0.500. The van der Waals surface area contributed by atoms with Gasteiger partial charge in [0, 0.05) is 5.88 Å². The molecule has 0 aliphatic rings. The molecule has 0 N–H and O–H groups in total. The van der Waals surface area contributed by atoms with E-state index in [1.165, 1.54) is 12.0 Å². The average molecular weight is 241 g/mol. The van der Waals surface area contributed by atoms with Gasteiger partial charge in [-0.1, -0.05) is 26.0 Å². The van der Waals surface area contributed by atoms with Gasteiger partial charge in [-0.25, -0.2) is 0 Å². The predicted octanol–water partition coefficient (Wildman–Crippen LogP) is 4.60. The number of halogens is 1. The molecule has 2 heteroatoms. The van der Waals surface area contributed by atoms with Crippen LogP contribution in [0.15, 0.2) is 24.3 Å². The Morgan fingerprint density at radius 1 is 1.19 bits per heavy atom. The SMILES string of the molecule is CCC(C)c1ccc(OCCCCCl)cc1. The van der Waals surface area contributed by atoms with Gasteiger partial charge < -0.3 is 4.74 Å². The van der Waals surface area contributed by atoms with E-state index < -0.39 is 0 Å². The number of hydrogen-bond acceptors (Lipinski definition) is 1. The largest absolute Gasteiger partial charge is 0.494 e. The van der Waals surface area contributed by atoms with Crippen molar-refractivity contribution in [3.05, 3.63) is 29.8 Å². The van der Waals surface area contributed by atoms with Crippen molar-refractivity contribution in [3.63, 3.8) is 0 Å². The lowest BCUT2D eigenvalue weighted by Gasteiger charge is -2.10. The molecule has 0 aliphatic heterocycles. The third-order valence-corrected chi connectivity index (χ3v) is 3.13. The molecule has 0 bridgehead atoms. The Balaban J connectivity index is 2.39. The highest BCUT2D eigenvalue weighted by Gasteiger charge is 2.02. The van der Waals surface area contributed by atoms with Crippen molar-refractivity contribution in [1.29, 1.82) is 0 Å². The van der Waals surface area contributed by atoms with E-state index in [1.807, 2.05) is 0 Å². The molecule has 0 heterocycles. The van der Waals surface area contributed by atoms with E-state index >= 15 is 0 Å². The first kappa shape index (κ1) is 13.4. The summed E-state index contributed by atoms with van der Waals surface area (Å²) in [6.07, 6.45) is 3.22. The Bertz CT molecular complexity index is 281. The first-order chi connectivity index (χ1) is 7.77. The maximum Gasteiger partial charge on any atom is 0.119 e. The lowest BCUT2D eigenvalue weighted by atomic mass is 9.99. The van der Waals surface area contributed by atoms with Crippen LogP contribution in [0.3, 0.4) is 0 Å². The number of benzene rings is 1. The van der Waals surface area contributed by atoms with E-state index in [4.69, 9.17) is 16.3 Å². The Kier molecular flexibility index (Phi) is 6.32. The van der Waals surface area contributed by atoms with Gasteiger partial charge in [-0.15, -0.1) is 11.6 Å². The molecular weight excluding hydrogens is 220 g/mol. The van der Waals surface area contributed by atoms with Crippen molar-refractivity contribution in [1.82, 2.24) is 0 Å². The van der Waals surface area contributed by atoms with Crippen molar-refractivity contribution >= 4 is 11.6 Å². The van der Waals surface area contributed by atoms with Crippen molar-refractivity contribution in [2.75, 3.05) is 12.5 Å². The van der Waals surface area contributed by atoms with Gasteiger partial charge in [0.15, 0.2) is 0 Å². The molecular formula is C14H21ClO. The summed E-state index contributed by atoms with van der Waals surface area (Å²) in [5.41, 5.74) is 1.38. The molecule has 1 nitrogen and oxygen atoms in total. The van der Waals surface area contributed by atoms with E-state index in [0.717, 1.165) is 31.1 Å². The van der Waals surface area contributed by atoms with Gasteiger partial charge in [0.05, 0.1) is 6.61 Å². The number of unbranched alkanes of at least 4 members (excludes halogenated alkanes) is 1. The fraction of sp³-hybridized carbons (Fsp3) is 0.571. The van der Waals surface area contributed by atoms with E-state index in [-0.39, 0.29) is 0 Å². The van der Waals surface area contributed by atoms with Crippen LogP contribution in [-0.2, 0) is 0 Å². The van der Waals surface area contributed by atoms with Gasteiger partial charge in [0.25, 0.3) is 0 Å². The summed E-state index contributed by atoms with van der Waals surface area (Å²) in [5.74, 6) is 2.31. The van der Waals surface area contributed by atoms with E-state index in [0.29, 0.717) is 5.92 Å². The number of alkyl halides is 1. The number of ether oxygens (including phenoxy) is 1. The third-order valence-electron chi connectivity index (χ3n) is 2.86. The molecule has 16 heavy (non-hydrogen) atoms. The summed E-state index contributed by atoms with van der Waals surface area (Å²) in [7, 11) is 0. The molecule has 0 spiro atoms. The highest BCUT2D eigenvalue weighted by Crippen LogP contribution is 2.21. The number of hydrogen-bond donors (Lipinski definition) is 0. The first-order valence-corrected chi connectivity index (χ1v) is 6.60. The maximum atomic E-state index is 5.62. The minimum Gasteiger partial charge on any atom is -0.494 e. The Morgan fingerprint density at radius 3 is 2.44 bits per heavy atom. The summed E-state index contributed by atoms with van der Waals surface area (Å²) in [6, 6.07) is 8.43. The third kappa shape index (κ3) is 4.44. The molecule has 1 atom stereocenters. The fourth-order valence-electron chi connectivity index (χ4n) is 1.51. The second-order valence-corrected chi connectivity index (χ2v) is 4.50. The molecule has 0 saturated carbocycles. The fourth-order valence-corrected chi connectivity index (χ4v) is 1.70. The van der Waals surface area contributed by atoms with Crippen LogP contribution in [-0.4, -0.2) is 12.5 Å². The van der Waals surface area contributed by atoms with E-state index in [2.05, 4.69) is 38.1 Å². The molecule has 90 valence electrons. The molecule has 1 aromatic rings. The standard InChI is InChI=1S/C14H21ClO/c1-3-12(2)13-6-8-14(9-7-13)16-11-5-4-10-15/h6-9,12H,3-5,10-11H2,1-2H3. The van der Waals surface area contributed by atoms with Gasteiger partial charge in [-0.3, -0.25) is 0 Å². The maximum absolute atomic E-state index is 5.62. The van der Waals surface area contributed by atoms with E-state index in [1.54, 1.807) is 0 Å². The molecule has 1 rings (SSSR count). The second kappa shape index (κ2) is 7.56. The first-order valence-electron chi connectivity index (χ1n) is 6.06. The topological polar surface area (TPSA) is 9.23 Å². The summed E-state index contributed by atoms with van der Waals surface area (Å²) in [5, 5.41) is 0. The predicted molar refractivity (Wildman–Crippen MR) is 70.6 cm³/mol. The minimum atomic E-state index is 0.630. The number of rotatable bonds is 7. The van der Waals surface area contributed by atoms with Gasteiger partial charge in [-0.05, 0) is 42.9 Å². The molecule has 0 saturated heterocycles. The van der Waals surface area contributed by atoms with Crippen molar-refractivity contribution in [2.24, 2.45) is 0 Å². The van der Waals surface area contributed by atoms with Crippen LogP contribution >= 0.6 is 11.6 Å². The second-order valence-electron chi connectivity index (χ2n) is 4.12. The van der Waals surface area contributed by atoms with Gasteiger partial charge >= 0.3 is 0 Å². The van der Waals surface area contributed by atoms with Crippen molar-refractivity contribution in [2.45, 2.75) is 39.0 Å².